The topological polar surface area (TPSA) is 50.5 Å². The van der Waals surface area contributed by atoms with Gasteiger partial charge in [0.05, 0.1) is 29.0 Å². The molecule has 1 aliphatic rings. The molecule has 1 heterocycles. The van der Waals surface area contributed by atoms with Gasteiger partial charge in [-0.25, -0.2) is 4.39 Å². The normalized spacial score (nSPS) is 16.6. The first-order chi connectivity index (χ1) is 13.3. The van der Waals surface area contributed by atoms with Crippen molar-refractivity contribution in [2.75, 3.05) is 37.6 Å². The molecular formula is C20H19F4N3O. The zero-order valence-electron chi connectivity index (χ0n) is 15.0. The van der Waals surface area contributed by atoms with Crippen molar-refractivity contribution in [3.63, 3.8) is 0 Å². The number of hydrogen-bond donors (Lipinski definition) is 1. The monoisotopic (exact) mass is 393 g/mol. The van der Waals surface area contributed by atoms with Crippen molar-refractivity contribution in [1.29, 1.82) is 5.26 Å². The van der Waals surface area contributed by atoms with Crippen LogP contribution in [-0.4, -0.2) is 42.7 Å². The van der Waals surface area contributed by atoms with Gasteiger partial charge in [-0.2, -0.15) is 18.4 Å². The summed E-state index contributed by atoms with van der Waals surface area (Å²) in [4.78, 5) is 3.78. The first-order valence-corrected chi connectivity index (χ1v) is 8.80. The lowest BCUT2D eigenvalue weighted by Gasteiger charge is -2.37. The molecule has 1 fully saturated rings. The van der Waals surface area contributed by atoms with E-state index in [1.54, 1.807) is 12.1 Å². The van der Waals surface area contributed by atoms with Crippen molar-refractivity contribution in [1.82, 2.24) is 4.90 Å². The Labute approximate surface area is 160 Å². The maximum absolute atomic E-state index is 14.1. The maximum Gasteiger partial charge on any atom is 0.416 e. The summed E-state index contributed by atoms with van der Waals surface area (Å²) in [6, 6.07) is 10.9. The van der Waals surface area contributed by atoms with E-state index in [9.17, 15) is 22.7 Å². The van der Waals surface area contributed by atoms with E-state index in [0.29, 0.717) is 31.9 Å². The van der Waals surface area contributed by atoms with Crippen LogP contribution in [0.1, 0.15) is 22.8 Å². The van der Waals surface area contributed by atoms with Gasteiger partial charge in [-0.3, -0.25) is 4.90 Å². The van der Waals surface area contributed by atoms with Crippen LogP contribution in [0.15, 0.2) is 42.5 Å². The molecule has 1 saturated heterocycles. The second-order valence-corrected chi connectivity index (χ2v) is 6.70. The average Bonchev–Trinajstić information content (AvgIpc) is 2.68. The molecule has 1 aliphatic heterocycles. The second-order valence-electron chi connectivity index (χ2n) is 6.70. The zero-order valence-corrected chi connectivity index (χ0v) is 15.0. The number of aliphatic hydroxyl groups is 1. The lowest BCUT2D eigenvalue weighted by atomic mass is 10.0. The van der Waals surface area contributed by atoms with Gasteiger partial charge >= 0.3 is 6.18 Å². The van der Waals surface area contributed by atoms with Gasteiger partial charge in [-0.05, 0) is 35.9 Å². The van der Waals surface area contributed by atoms with E-state index in [-0.39, 0.29) is 17.7 Å². The van der Waals surface area contributed by atoms with Crippen LogP contribution < -0.4 is 4.90 Å². The molecule has 1 unspecified atom stereocenters. The molecule has 0 aliphatic carbocycles. The van der Waals surface area contributed by atoms with Crippen molar-refractivity contribution in [2.45, 2.75) is 12.3 Å². The molecule has 2 aromatic rings. The van der Waals surface area contributed by atoms with Crippen LogP contribution in [0.4, 0.5) is 23.2 Å². The Kier molecular flexibility index (Phi) is 5.87. The first kappa shape index (κ1) is 20.1. The van der Waals surface area contributed by atoms with Crippen molar-refractivity contribution in [3.05, 3.63) is 65.0 Å². The SMILES string of the molecule is N#Cc1ccc(N2CCN(CC(O)c3cccc(C(F)(F)F)c3)CC2)c(F)c1. The smallest absolute Gasteiger partial charge is 0.387 e. The minimum absolute atomic E-state index is 0.199. The van der Waals surface area contributed by atoms with Crippen LogP contribution in [-0.2, 0) is 6.18 Å². The summed E-state index contributed by atoms with van der Waals surface area (Å²) < 4.78 is 52.6. The van der Waals surface area contributed by atoms with E-state index in [4.69, 9.17) is 5.26 Å². The number of aliphatic hydroxyl groups excluding tert-OH is 1. The van der Waals surface area contributed by atoms with Crippen LogP contribution >= 0.6 is 0 Å². The van der Waals surface area contributed by atoms with E-state index in [1.807, 2.05) is 15.9 Å². The fourth-order valence-electron chi connectivity index (χ4n) is 3.28. The Hall–Kier alpha value is -2.63. The molecule has 148 valence electrons. The van der Waals surface area contributed by atoms with Crippen molar-refractivity contribution < 1.29 is 22.7 Å². The molecule has 2 aromatic carbocycles. The molecule has 3 rings (SSSR count). The van der Waals surface area contributed by atoms with E-state index in [2.05, 4.69) is 0 Å². The van der Waals surface area contributed by atoms with Gasteiger partial charge < -0.3 is 10.0 Å². The molecule has 0 bridgehead atoms. The standard InChI is InChI=1S/C20H19F4N3O/c21-17-10-14(12-25)4-5-18(17)27-8-6-26(7-9-27)13-19(28)15-2-1-3-16(11-15)20(22,23)24/h1-5,10-11,19,28H,6-9,13H2. The maximum atomic E-state index is 14.1. The molecule has 0 amide bonds. The third kappa shape index (κ3) is 4.61. The lowest BCUT2D eigenvalue weighted by Crippen LogP contribution is -2.47. The molecule has 0 spiro atoms. The van der Waals surface area contributed by atoms with Gasteiger partial charge in [0.15, 0.2) is 0 Å². The number of alkyl halides is 3. The van der Waals surface area contributed by atoms with Crippen LogP contribution in [0, 0.1) is 17.1 Å². The molecule has 0 saturated carbocycles. The molecule has 8 heteroatoms. The molecule has 1 atom stereocenters. The quantitative estimate of drug-likeness (QED) is 0.807. The molecule has 28 heavy (non-hydrogen) atoms. The minimum Gasteiger partial charge on any atom is -0.387 e. The van der Waals surface area contributed by atoms with E-state index < -0.39 is 23.7 Å². The number of halogens is 4. The second kappa shape index (κ2) is 8.17. The number of piperazine rings is 1. The van der Waals surface area contributed by atoms with E-state index >= 15 is 0 Å². The number of nitrogens with zero attached hydrogens (tertiary/aromatic N) is 3. The highest BCUT2D eigenvalue weighted by molar-refractivity contribution is 5.51. The van der Waals surface area contributed by atoms with Gasteiger partial charge in [0.1, 0.15) is 5.82 Å². The van der Waals surface area contributed by atoms with E-state index in [0.717, 1.165) is 12.1 Å². The van der Waals surface area contributed by atoms with Gasteiger partial charge in [-0.15, -0.1) is 0 Å². The predicted octanol–water partition coefficient (Wildman–Crippen LogP) is 3.57. The van der Waals surface area contributed by atoms with Crippen molar-refractivity contribution >= 4 is 5.69 Å². The number of anilines is 1. The summed E-state index contributed by atoms with van der Waals surface area (Å²) in [6.45, 7) is 2.30. The van der Waals surface area contributed by atoms with Crippen LogP contribution in [0.3, 0.4) is 0 Å². The Morgan fingerprint density at radius 1 is 1.07 bits per heavy atom. The summed E-state index contributed by atoms with van der Waals surface area (Å²) in [7, 11) is 0. The highest BCUT2D eigenvalue weighted by atomic mass is 19.4. The number of rotatable bonds is 4. The molecule has 0 radical (unpaired) electrons. The summed E-state index contributed by atoms with van der Waals surface area (Å²) in [5.74, 6) is -0.462. The first-order valence-electron chi connectivity index (χ1n) is 8.80. The van der Waals surface area contributed by atoms with Gasteiger partial charge in [-0.1, -0.05) is 12.1 Å². The Bertz CT molecular complexity index is 870. The summed E-state index contributed by atoms with van der Waals surface area (Å²) >= 11 is 0. The number of hydrogen-bond acceptors (Lipinski definition) is 4. The zero-order chi connectivity index (χ0) is 20.3. The highest BCUT2D eigenvalue weighted by Crippen LogP contribution is 2.31. The number of benzene rings is 2. The molecule has 4 nitrogen and oxygen atoms in total. The summed E-state index contributed by atoms with van der Waals surface area (Å²) in [6.07, 6.45) is -5.49. The number of β-amino-alcohol motifs (C(OH)–C–C–N with tert-alkyl or cyclic N) is 1. The summed E-state index contributed by atoms with van der Waals surface area (Å²) in [5, 5.41) is 19.1. The molecule has 1 N–H and O–H groups in total. The van der Waals surface area contributed by atoms with Crippen LogP contribution in [0.25, 0.3) is 0 Å². The van der Waals surface area contributed by atoms with Crippen LogP contribution in [0.2, 0.25) is 0 Å². The molecular weight excluding hydrogens is 374 g/mol. The van der Waals surface area contributed by atoms with Crippen molar-refractivity contribution in [2.24, 2.45) is 0 Å². The Morgan fingerprint density at radius 2 is 1.79 bits per heavy atom. The Morgan fingerprint density at radius 3 is 2.39 bits per heavy atom. The van der Waals surface area contributed by atoms with Crippen LogP contribution in [0.5, 0.6) is 0 Å². The largest absolute Gasteiger partial charge is 0.416 e. The van der Waals surface area contributed by atoms with Crippen molar-refractivity contribution in [3.8, 4) is 6.07 Å². The molecule has 0 aromatic heterocycles. The van der Waals surface area contributed by atoms with Gasteiger partial charge in [0.2, 0.25) is 0 Å². The predicted molar refractivity (Wildman–Crippen MR) is 96.2 cm³/mol. The average molecular weight is 393 g/mol. The number of nitriles is 1. The third-order valence-corrected chi connectivity index (χ3v) is 4.82. The third-order valence-electron chi connectivity index (χ3n) is 4.82. The highest BCUT2D eigenvalue weighted by Gasteiger charge is 2.31. The Balaban J connectivity index is 1.59. The van der Waals surface area contributed by atoms with Gasteiger partial charge in [0.25, 0.3) is 0 Å². The summed E-state index contributed by atoms with van der Waals surface area (Å²) in [5.41, 5.74) is 0.0988. The van der Waals surface area contributed by atoms with E-state index in [1.165, 1.54) is 18.2 Å². The minimum atomic E-state index is -4.45. The fraction of sp³-hybridized carbons (Fsp3) is 0.350. The van der Waals surface area contributed by atoms with Gasteiger partial charge in [0, 0.05) is 32.7 Å². The fourth-order valence-corrected chi connectivity index (χ4v) is 3.28. The lowest BCUT2D eigenvalue weighted by molar-refractivity contribution is -0.137.